The van der Waals surface area contributed by atoms with Gasteiger partial charge in [0.2, 0.25) is 0 Å². The maximum Gasteiger partial charge on any atom is 0.119 e. The van der Waals surface area contributed by atoms with Crippen molar-refractivity contribution in [3.63, 3.8) is 0 Å². The third-order valence-electron chi connectivity index (χ3n) is 1.99. The summed E-state index contributed by atoms with van der Waals surface area (Å²) < 4.78 is 0. The van der Waals surface area contributed by atoms with Gasteiger partial charge in [0, 0.05) is 17.5 Å². The number of fused-ring (bicyclic) bond motifs is 1. The van der Waals surface area contributed by atoms with Crippen LogP contribution in [0.4, 0.5) is 5.69 Å². The quantitative estimate of drug-likeness (QED) is 0.569. The molecule has 0 radical (unpaired) electrons. The summed E-state index contributed by atoms with van der Waals surface area (Å²) in [6.45, 7) is 1.81. The number of carbonyl (C=O) groups excluding carboxylic acids is 1. The Morgan fingerprint density at radius 2 is 1.73 bits per heavy atom. The van der Waals surface area contributed by atoms with Crippen molar-refractivity contribution in [2.75, 3.05) is 5.73 Å². The Labute approximate surface area is 89.7 Å². The smallest absolute Gasteiger partial charge is 0.119 e. The van der Waals surface area contributed by atoms with Crippen LogP contribution in [0.15, 0.2) is 42.5 Å². The van der Waals surface area contributed by atoms with Crippen LogP contribution in [0.1, 0.15) is 13.3 Å². The molecule has 0 aliphatic rings. The van der Waals surface area contributed by atoms with Gasteiger partial charge in [0.25, 0.3) is 0 Å². The third kappa shape index (κ3) is 3.09. The van der Waals surface area contributed by atoms with Crippen molar-refractivity contribution < 1.29 is 4.79 Å². The van der Waals surface area contributed by atoms with E-state index in [1.807, 2.05) is 37.3 Å². The van der Waals surface area contributed by atoms with Crippen molar-refractivity contribution in [1.29, 1.82) is 0 Å². The fourth-order valence-corrected chi connectivity index (χ4v) is 1.25. The van der Waals surface area contributed by atoms with Crippen LogP contribution in [-0.2, 0) is 4.79 Å². The molecule has 2 aromatic rings. The first-order chi connectivity index (χ1) is 7.29. The molecule has 2 nitrogen and oxygen atoms in total. The lowest BCUT2D eigenvalue weighted by Crippen LogP contribution is -1.84. The van der Waals surface area contributed by atoms with E-state index in [1.165, 1.54) is 5.39 Å². The molecule has 2 heteroatoms. The van der Waals surface area contributed by atoms with Crippen molar-refractivity contribution in [2.24, 2.45) is 0 Å². The topological polar surface area (TPSA) is 43.1 Å². The van der Waals surface area contributed by atoms with Crippen molar-refractivity contribution in [3.05, 3.63) is 42.5 Å². The molecule has 0 aliphatic carbocycles. The summed E-state index contributed by atoms with van der Waals surface area (Å²) in [5.41, 5.74) is 6.61. The van der Waals surface area contributed by atoms with Crippen molar-refractivity contribution in [2.45, 2.75) is 13.3 Å². The van der Waals surface area contributed by atoms with E-state index in [1.54, 1.807) is 0 Å². The van der Waals surface area contributed by atoms with Gasteiger partial charge >= 0.3 is 0 Å². The van der Waals surface area contributed by atoms with Crippen LogP contribution in [0.5, 0.6) is 0 Å². The maximum absolute atomic E-state index is 9.17. The van der Waals surface area contributed by atoms with Gasteiger partial charge in [-0.1, -0.05) is 43.3 Å². The van der Waals surface area contributed by atoms with E-state index >= 15 is 0 Å². The lowest BCUT2D eigenvalue weighted by molar-refractivity contribution is -0.107. The van der Waals surface area contributed by atoms with Crippen LogP contribution < -0.4 is 5.73 Å². The van der Waals surface area contributed by atoms with Crippen LogP contribution in [-0.4, -0.2) is 6.29 Å². The van der Waals surface area contributed by atoms with E-state index in [9.17, 15) is 4.79 Å². The second-order valence-corrected chi connectivity index (χ2v) is 3.14. The van der Waals surface area contributed by atoms with Gasteiger partial charge in [0.1, 0.15) is 6.29 Å². The van der Waals surface area contributed by atoms with E-state index in [2.05, 4.69) is 12.1 Å². The molecule has 0 fully saturated rings. The third-order valence-corrected chi connectivity index (χ3v) is 1.99. The van der Waals surface area contributed by atoms with Crippen molar-refractivity contribution >= 4 is 22.7 Å². The summed E-state index contributed by atoms with van der Waals surface area (Å²) >= 11 is 0. The van der Waals surface area contributed by atoms with E-state index in [0.717, 1.165) is 17.4 Å². The number of benzene rings is 2. The fraction of sp³-hybridized carbons (Fsp3) is 0.154. The van der Waals surface area contributed by atoms with Gasteiger partial charge in [-0.25, -0.2) is 0 Å². The molecule has 2 aromatic carbocycles. The Morgan fingerprint density at radius 1 is 1.13 bits per heavy atom. The monoisotopic (exact) mass is 201 g/mol. The first-order valence-corrected chi connectivity index (χ1v) is 4.96. The lowest BCUT2D eigenvalue weighted by atomic mass is 10.1. The minimum Gasteiger partial charge on any atom is -0.398 e. The summed E-state index contributed by atoms with van der Waals surface area (Å²) in [6.07, 6.45) is 1.51. The molecule has 0 heterocycles. The molecule has 0 saturated heterocycles. The minimum atomic E-state index is 0.639. The highest BCUT2D eigenvalue weighted by Crippen LogP contribution is 2.19. The van der Waals surface area contributed by atoms with Crippen molar-refractivity contribution in [1.82, 2.24) is 0 Å². The summed E-state index contributed by atoms with van der Waals surface area (Å²) in [6, 6.07) is 14.1. The van der Waals surface area contributed by atoms with Crippen LogP contribution in [0, 0.1) is 0 Å². The van der Waals surface area contributed by atoms with Gasteiger partial charge in [0.05, 0.1) is 0 Å². The Balaban J connectivity index is 0.000000245. The molecular weight excluding hydrogens is 186 g/mol. The second-order valence-electron chi connectivity index (χ2n) is 3.14. The molecule has 0 unspecified atom stereocenters. The Bertz CT molecular complexity index is 432. The number of aldehydes is 1. The first kappa shape index (κ1) is 11.2. The number of hydrogen-bond acceptors (Lipinski definition) is 2. The zero-order chi connectivity index (χ0) is 11.1. The number of anilines is 1. The predicted molar refractivity (Wildman–Crippen MR) is 64.7 cm³/mol. The summed E-state index contributed by atoms with van der Waals surface area (Å²) in [4.78, 5) is 9.17. The molecule has 0 atom stereocenters. The van der Waals surface area contributed by atoms with Crippen molar-refractivity contribution in [3.8, 4) is 0 Å². The average molecular weight is 201 g/mol. The highest BCUT2D eigenvalue weighted by molar-refractivity contribution is 5.92. The molecule has 2 N–H and O–H groups in total. The molecule has 0 aliphatic heterocycles. The normalized spacial score (nSPS) is 9.13. The van der Waals surface area contributed by atoms with E-state index < -0.39 is 0 Å². The van der Waals surface area contributed by atoms with Crippen LogP contribution in [0.3, 0.4) is 0 Å². The Hall–Kier alpha value is -1.83. The highest BCUT2D eigenvalue weighted by atomic mass is 16.1. The standard InChI is InChI=1S/C10H9N.C3H6O/c11-10-7-3-5-8-4-1-2-6-9(8)10;1-2-3-4/h1-7H,11H2;3H,2H2,1H3. The minimum absolute atomic E-state index is 0.639. The van der Waals surface area contributed by atoms with E-state index in [0.29, 0.717) is 6.42 Å². The lowest BCUT2D eigenvalue weighted by Gasteiger charge is -1.98. The van der Waals surface area contributed by atoms with Gasteiger partial charge in [-0.05, 0) is 11.5 Å². The van der Waals surface area contributed by atoms with Crippen LogP contribution in [0.25, 0.3) is 10.8 Å². The Kier molecular flexibility index (Phi) is 4.35. The van der Waals surface area contributed by atoms with Gasteiger partial charge in [-0.15, -0.1) is 0 Å². The largest absolute Gasteiger partial charge is 0.398 e. The second kappa shape index (κ2) is 5.81. The first-order valence-electron chi connectivity index (χ1n) is 4.96. The SMILES string of the molecule is CCC=O.Nc1cccc2ccccc12. The number of nitrogen functional groups attached to an aromatic ring is 1. The summed E-state index contributed by atoms with van der Waals surface area (Å²) in [5, 5.41) is 2.34. The number of carbonyl (C=O) groups is 1. The van der Waals surface area contributed by atoms with Crippen LogP contribution >= 0.6 is 0 Å². The molecule has 15 heavy (non-hydrogen) atoms. The average Bonchev–Trinajstić information content (AvgIpc) is 2.30. The molecule has 0 bridgehead atoms. The fourth-order valence-electron chi connectivity index (χ4n) is 1.25. The van der Waals surface area contributed by atoms with Gasteiger partial charge in [0.15, 0.2) is 0 Å². The van der Waals surface area contributed by atoms with Gasteiger partial charge in [-0.2, -0.15) is 0 Å². The predicted octanol–water partition coefficient (Wildman–Crippen LogP) is 3.02. The zero-order valence-corrected chi connectivity index (χ0v) is 8.81. The molecule has 2 rings (SSSR count). The molecule has 0 aromatic heterocycles. The Morgan fingerprint density at radius 3 is 2.33 bits per heavy atom. The number of hydrogen-bond donors (Lipinski definition) is 1. The highest BCUT2D eigenvalue weighted by Gasteiger charge is 1.92. The molecule has 0 saturated carbocycles. The van der Waals surface area contributed by atoms with E-state index in [4.69, 9.17) is 5.73 Å². The van der Waals surface area contributed by atoms with Gasteiger partial charge in [-0.3, -0.25) is 0 Å². The maximum atomic E-state index is 9.17. The number of rotatable bonds is 1. The molecule has 0 spiro atoms. The van der Waals surface area contributed by atoms with E-state index in [-0.39, 0.29) is 0 Å². The molecule has 0 amide bonds. The van der Waals surface area contributed by atoms with Crippen LogP contribution in [0.2, 0.25) is 0 Å². The number of nitrogens with two attached hydrogens (primary N) is 1. The van der Waals surface area contributed by atoms with Gasteiger partial charge < -0.3 is 10.5 Å². The summed E-state index contributed by atoms with van der Waals surface area (Å²) in [5.74, 6) is 0. The molecule has 78 valence electrons. The summed E-state index contributed by atoms with van der Waals surface area (Å²) in [7, 11) is 0. The molecular formula is C13H15NO. The zero-order valence-electron chi connectivity index (χ0n) is 8.81.